The molecule has 1 aromatic carbocycles. The van der Waals surface area contributed by atoms with Gasteiger partial charge in [0.15, 0.2) is 0 Å². The SMILES string of the molecule is CC(C)(C)OC(=O)Nc1cn(C(=O)O)c2ccc(Br)cc12. The third-order valence-electron chi connectivity index (χ3n) is 2.61. The van der Waals surface area contributed by atoms with Gasteiger partial charge in [-0.05, 0) is 39.0 Å². The van der Waals surface area contributed by atoms with Crippen LogP contribution in [0.25, 0.3) is 10.9 Å². The zero-order valence-electron chi connectivity index (χ0n) is 11.8. The first-order chi connectivity index (χ1) is 9.67. The predicted octanol–water partition coefficient (Wildman–Crippen LogP) is 4.28. The van der Waals surface area contributed by atoms with E-state index in [2.05, 4.69) is 21.2 Å². The number of halogens is 1. The van der Waals surface area contributed by atoms with Crippen LogP contribution in [0.2, 0.25) is 0 Å². The first kappa shape index (κ1) is 15.4. The molecule has 6 nitrogen and oxygen atoms in total. The van der Waals surface area contributed by atoms with Crippen molar-refractivity contribution in [3.8, 4) is 0 Å². The van der Waals surface area contributed by atoms with Gasteiger partial charge in [0.05, 0.1) is 11.2 Å². The second-order valence-electron chi connectivity index (χ2n) is 5.48. The van der Waals surface area contributed by atoms with Crippen molar-refractivity contribution >= 4 is 44.7 Å². The minimum Gasteiger partial charge on any atom is -0.464 e. The third kappa shape index (κ3) is 3.55. The van der Waals surface area contributed by atoms with Gasteiger partial charge >= 0.3 is 12.2 Å². The van der Waals surface area contributed by atoms with E-state index in [1.165, 1.54) is 6.20 Å². The Balaban J connectivity index is 2.42. The summed E-state index contributed by atoms with van der Waals surface area (Å²) < 4.78 is 7.00. The maximum Gasteiger partial charge on any atom is 0.416 e. The van der Waals surface area contributed by atoms with Crippen molar-refractivity contribution < 1.29 is 19.4 Å². The van der Waals surface area contributed by atoms with E-state index < -0.39 is 17.8 Å². The van der Waals surface area contributed by atoms with Gasteiger partial charge in [0.2, 0.25) is 0 Å². The van der Waals surface area contributed by atoms with Gasteiger partial charge in [-0.2, -0.15) is 0 Å². The summed E-state index contributed by atoms with van der Waals surface area (Å²) in [5.41, 5.74) is 0.232. The smallest absolute Gasteiger partial charge is 0.416 e. The lowest BCUT2D eigenvalue weighted by atomic mass is 10.2. The zero-order chi connectivity index (χ0) is 15.8. The molecule has 0 saturated heterocycles. The number of anilines is 1. The molecule has 2 rings (SSSR count). The molecule has 0 aliphatic carbocycles. The fourth-order valence-corrected chi connectivity index (χ4v) is 2.23. The van der Waals surface area contributed by atoms with Crippen LogP contribution >= 0.6 is 15.9 Å². The van der Waals surface area contributed by atoms with Gasteiger partial charge < -0.3 is 9.84 Å². The molecular formula is C14H15BrN2O4. The molecule has 112 valence electrons. The first-order valence-corrected chi connectivity index (χ1v) is 7.00. The number of nitrogens with zero attached hydrogens (tertiary/aromatic N) is 1. The second kappa shape index (κ2) is 5.40. The molecule has 1 amide bonds. The Morgan fingerprint density at radius 2 is 2.00 bits per heavy atom. The van der Waals surface area contributed by atoms with Gasteiger partial charge in [0.1, 0.15) is 5.60 Å². The minimum atomic E-state index is -1.13. The predicted molar refractivity (Wildman–Crippen MR) is 82.9 cm³/mol. The van der Waals surface area contributed by atoms with Crippen molar-refractivity contribution in [2.75, 3.05) is 5.32 Å². The van der Waals surface area contributed by atoms with E-state index in [1.54, 1.807) is 39.0 Å². The summed E-state index contributed by atoms with van der Waals surface area (Å²) in [5, 5.41) is 12.4. The zero-order valence-corrected chi connectivity index (χ0v) is 13.4. The van der Waals surface area contributed by atoms with Crippen molar-refractivity contribution in [3.63, 3.8) is 0 Å². The number of hydrogen-bond donors (Lipinski definition) is 2. The molecule has 0 aliphatic rings. The molecule has 21 heavy (non-hydrogen) atoms. The average molecular weight is 355 g/mol. The molecule has 2 aromatic rings. The molecule has 1 aromatic heterocycles. The molecule has 7 heteroatoms. The Kier molecular flexibility index (Phi) is 3.95. The number of nitrogens with one attached hydrogen (secondary N) is 1. The molecule has 2 N–H and O–H groups in total. The highest BCUT2D eigenvalue weighted by molar-refractivity contribution is 9.10. The summed E-state index contributed by atoms with van der Waals surface area (Å²) in [6.07, 6.45) is -0.407. The number of fused-ring (bicyclic) bond motifs is 1. The topological polar surface area (TPSA) is 80.6 Å². The van der Waals surface area contributed by atoms with E-state index in [1.807, 2.05) is 0 Å². The fraction of sp³-hybridized carbons (Fsp3) is 0.286. The van der Waals surface area contributed by atoms with Gasteiger partial charge in [0.25, 0.3) is 0 Å². The van der Waals surface area contributed by atoms with Crippen LogP contribution in [0.1, 0.15) is 20.8 Å². The fourth-order valence-electron chi connectivity index (χ4n) is 1.87. The lowest BCUT2D eigenvalue weighted by Gasteiger charge is -2.19. The van der Waals surface area contributed by atoms with Gasteiger partial charge in [0, 0.05) is 16.1 Å². The highest BCUT2D eigenvalue weighted by Gasteiger charge is 2.19. The van der Waals surface area contributed by atoms with Crippen molar-refractivity contribution in [2.24, 2.45) is 0 Å². The highest BCUT2D eigenvalue weighted by atomic mass is 79.9. The van der Waals surface area contributed by atoms with E-state index in [0.29, 0.717) is 16.6 Å². The molecule has 0 saturated carbocycles. The maximum absolute atomic E-state index is 11.8. The number of carbonyl (C=O) groups is 2. The normalized spacial score (nSPS) is 11.4. The number of hydrogen-bond acceptors (Lipinski definition) is 3. The van der Waals surface area contributed by atoms with Crippen LogP contribution in [0.15, 0.2) is 28.9 Å². The van der Waals surface area contributed by atoms with Crippen molar-refractivity contribution in [3.05, 3.63) is 28.9 Å². The standard InChI is InChI=1S/C14H15BrN2O4/c1-14(2,3)21-12(18)16-10-7-17(13(19)20)11-5-4-8(15)6-9(10)11/h4-7H,1-3H3,(H,16,18)(H,19,20). The quantitative estimate of drug-likeness (QED) is 0.800. The summed E-state index contributed by atoms with van der Waals surface area (Å²) in [4.78, 5) is 23.1. The van der Waals surface area contributed by atoms with Gasteiger partial charge in [-0.25, -0.2) is 9.59 Å². The summed E-state index contributed by atoms with van der Waals surface area (Å²) in [6, 6.07) is 5.13. The maximum atomic E-state index is 11.8. The van der Waals surface area contributed by atoms with Gasteiger partial charge in [-0.15, -0.1) is 0 Å². The van der Waals surface area contributed by atoms with Gasteiger partial charge in [-0.3, -0.25) is 9.88 Å². The summed E-state index contributed by atoms with van der Waals surface area (Å²) in [5.74, 6) is 0. The van der Waals surface area contributed by atoms with E-state index in [0.717, 1.165) is 9.04 Å². The average Bonchev–Trinajstić information content (AvgIpc) is 2.65. The minimum absolute atomic E-state index is 0.378. The molecule has 0 atom stereocenters. The largest absolute Gasteiger partial charge is 0.464 e. The van der Waals surface area contributed by atoms with Gasteiger partial charge in [-0.1, -0.05) is 15.9 Å². The molecule has 1 heterocycles. The van der Waals surface area contributed by atoms with Crippen LogP contribution in [-0.2, 0) is 4.74 Å². The monoisotopic (exact) mass is 354 g/mol. The molecular weight excluding hydrogens is 340 g/mol. The van der Waals surface area contributed by atoms with Crippen LogP contribution in [0.3, 0.4) is 0 Å². The van der Waals surface area contributed by atoms with Crippen molar-refractivity contribution in [1.29, 1.82) is 0 Å². The Morgan fingerprint density at radius 1 is 1.33 bits per heavy atom. The second-order valence-corrected chi connectivity index (χ2v) is 6.40. The van der Waals surface area contributed by atoms with Crippen LogP contribution in [-0.4, -0.2) is 27.5 Å². The number of amides is 1. The van der Waals surface area contributed by atoms with E-state index in [-0.39, 0.29) is 0 Å². The Hall–Kier alpha value is -2.02. The van der Waals surface area contributed by atoms with Crippen LogP contribution in [0, 0.1) is 0 Å². The Labute approximate surface area is 129 Å². The summed E-state index contributed by atoms with van der Waals surface area (Å²) >= 11 is 3.33. The number of carboxylic acid groups (broad SMARTS) is 1. The number of ether oxygens (including phenoxy) is 1. The Morgan fingerprint density at radius 3 is 2.57 bits per heavy atom. The summed E-state index contributed by atoms with van der Waals surface area (Å²) in [7, 11) is 0. The van der Waals surface area contributed by atoms with E-state index >= 15 is 0 Å². The van der Waals surface area contributed by atoms with Crippen molar-refractivity contribution in [1.82, 2.24) is 4.57 Å². The number of aromatic nitrogens is 1. The van der Waals surface area contributed by atoms with E-state index in [9.17, 15) is 14.7 Å². The highest BCUT2D eigenvalue weighted by Crippen LogP contribution is 2.29. The molecule has 0 unspecified atom stereocenters. The van der Waals surface area contributed by atoms with Crippen LogP contribution < -0.4 is 5.32 Å². The summed E-state index contributed by atoms with van der Waals surface area (Å²) in [6.45, 7) is 5.26. The lowest BCUT2D eigenvalue weighted by Crippen LogP contribution is -2.27. The number of rotatable bonds is 1. The molecule has 0 aliphatic heterocycles. The molecule has 0 spiro atoms. The van der Waals surface area contributed by atoms with Crippen LogP contribution in [0.4, 0.5) is 15.3 Å². The Bertz CT molecular complexity index is 716. The lowest BCUT2D eigenvalue weighted by molar-refractivity contribution is 0.0636. The molecule has 0 fully saturated rings. The molecule has 0 radical (unpaired) electrons. The first-order valence-electron chi connectivity index (χ1n) is 6.21. The van der Waals surface area contributed by atoms with Crippen LogP contribution in [0.5, 0.6) is 0 Å². The third-order valence-corrected chi connectivity index (χ3v) is 3.10. The van der Waals surface area contributed by atoms with Crippen molar-refractivity contribution in [2.45, 2.75) is 26.4 Å². The number of benzene rings is 1. The van der Waals surface area contributed by atoms with E-state index in [4.69, 9.17) is 4.74 Å². The number of carbonyl (C=O) groups excluding carboxylic acids is 1. The molecule has 0 bridgehead atoms.